The molecule has 3 heterocycles. The average Bonchev–Trinajstić information content (AvgIpc) is 3.33. The van der Waals surface area contributed by atoms with Crippen LogP contribution >= 0.6 is 11.3 Å². The number of carbonyl (C=O) groups is 1. The third-order valence-electron chi connectivity index (χ3n) is 6.00. The summed E-state index contributed by atoms with van der Waals surface area (Å²) in [5.74, 6) is -0.127. The molecule has 4 rings (SSSR count). The van der Waals surface area contributed by atoms with E-state index in [1.165, 1.54) is 15.2 Å². The third-order valence-corrected chi connectivity index (χ3v) is 8.76. The number of morpholine rings is 1. The predicted octanol–water partition coefficient (Wildman–Crippen LogP) is 1.91. The second kappa shape index (κ2) is 10.4. The van der Waals surface area contributed by atoms with E-state index in [1.807, 2.05) is 6.92 Å². The molecule has 32 heavy (non-hydrogen) atoms. The fraction of sp³-hybridized carbons (Fsp3) is 0.500. The van der Waals surface area contributed by atoms with Crippen LogP contribution in [0.4, 0.5) is 5.69 Å². The Kier molecular flexibility index (Phi) is 7.59. The molecule has 8 nitrogen and oxygen atoms in total. The van der Waals surface area contributed by atoms with Crippen LogP contribution in [0.5, 0.6) is 0 Å². The topological polar surface area (TPSA) is 82.2 Å². The molecule has 1 aromatic carbocycles. The van der Waals surface area contributed by atoms with Gasteiger partial charge < -0.3 is 10.1 Å². The Bertz CT molecular complexity index is 999. The molecule has 0 radical (unpaired) electrons. The number of ether oxygens (including phenoxy) is 1. The molecule has 0 spiro atoms. The van der Waals surface area contributed by atoms with E-state index in [0.717, 1.165) is 32.7 Å². The minimum atomic E-state index is -3.60. The van der Waals surface area contributed by atoms with Gasteiger partial charge in [0.1, 0.15) is 0 Å². The monoisotopic (exact) mass is 478 g/mol. The van der Waals surface area contributed by atoms with Crippen molar-refractivity contribution < 1.29 is 17.9 Å². The third kappa shape index (κ3) is 5.56. The zero-order valence-electron chi connectivity index (χ0n) is 18.3. The summed E-state index contributed by atoms with van der Waals surface area (Å²) in [5.41, 5.74) is 0.493. The second-order valence-electron chi connectivity index (χ2n) is 8.10. The van der Waals surface area contributed by atoms with Crippen LogP contribution in [0.2, 0.25) is 0 Å². The van der Waals surface area contributed by atoms with Crippen molar-refractivity contribution in [3.8, 4) is 0 Å². The highest BCUT2D eigenvalue weighted by Crippen LogP contribution is 2.21. The normalized spacial score (nSPS) is 20.2. The van der Waals surface area contributed by atoms with Crippen LogP contribution in [-0.4, -0.2) is 87.0 Å². The van der Waals surface area contributed by atoms with Gasteiger partial charge in [-0.3, -0.25) is 14.6 Å². The summed E-state index contributed by atoms with van der Waals surface area (Å²) in [5, 5.41) is 5.00. The minimum absolute atomic E-state index is 0.127. The van der Waals surface area contributed by atoms with Crippen molar-refractivity contribution >= 4 is 33.0 Å². The van der Waals surface area contributed by atoms with Gasteiger partial charge in [0, 0.05) is 56.4 Å². The summed E-state index contributed by atoms with van der Waals surface area (Å²) in [7, 11) is -3.60. The Labute approximate surface area is 193 Å². The van der Waals surface area contributed by atoms with Crippen LogP contribution in [0.3, 0.4) is 0 Å². The first-order valence-electron chi connectivity index (χ1n) is 10.9. The Balaban J connectivity index is 1.33. The van der Waals surface area contributed by atoms with Crippen molar-refractivity contribution in [2.75, 3.05) is 57.8 Å². The van der Waals surface area contributed by atoms with Crippen LogP contribution in [-0.2, 0) is 26.1 Å². The SMILES string of the molecule is C[C@H](C(=O)Nc1cccc(S(=O)(=O)N2CCOCC2)c1)N1CCN(Cc2cccs2)CC1. The van der Waals surface area contributed by atoms with Crippen LogP contribution in [0.15, 0.2) is 46.7 Å². The zero-order valence-corrected chi connectivity index (χ0v) is 19.9. The highest BCUT2D eigenvalue weighted by molar-refractivity contribution is 7.89. The number of piperazine rings is 1. The van der Waals surface area contributed by atoms with Crippen molar-refractivity contribution in [3.63, 3.8) is 0 Å². The van der Waals surface area contributed by atoms with Crippen molar-refractivity contribution in [3.05, 3.63) is 46.7 Å². The molecule has 1 amide bonds. The van der Waals surface area contributed by atoms with E-state index in [1.54, 1.807) is 29.5 Å². The van der Waals surface area contributed by atoms with Crippen LogP contribution < -0.4 is 5.32 Å². The highest BCUT2D eigenvalue weighted by atomic mass is 32.2. The molecule has 2 aliphatic rings. The summed E-state index contributed by atoms with van der Waals surface area (Å²) >= 11 is 1.77. The Morgan fingerprint density at radius 3 is 2.53 bits per heavy atom. The predicted molar refractivity (Wildman–Crippen MR) is 125 cm³/mol. The number of hydrogen-bond acceptors (Lipinski definition) is 7. The molecule has 2 fully saturated rings. The standard InChI is InChI=1S/C22H30N4O4S2/c1-18(25-9-7-24(8-10-25)17-20-5-3-15-31-20)22(27)23-19-4-2-6-21(16-19)32(28,29)26-11-13-30-14-12-26/h2-6,15-16,18H,7-14,17H2,1H3,(H,23,27)/t18-/m1/s1. The van der Waals surface area contributed by atoms with E-state index >= 15 is 0 Å². The summed E-state index contributed by atoms with van der Waals surface area (Å²) in [6.45, 7) is 7.82. The van der Waals surface area contributed by atoms with Gasteiger partial charge in [-0.15, -0.1) is 11.3 Å². The van der Waals surface area contributed by atoms with E-state index in [2.05, 4.69) is 32.6 Å². The maximum absolute atomic E-state index is 12.9. The summed E-state index contributed by atoms with van der Waals surface area (Å²) in [6.07, 6.45) is 0. The molecule has 2 aromatic rings. The number of benzene rings is 1. The van der Waals surface area contributed by atoms with Crippen molar-refractivity contribution in [2.45, 2.75) is 24.4 Å². The molecule has 1 atom stereocenters. The lowest BCUT2D eigenvalue weighted by molar-refractivity contribution is -0.121. The number of carbonyl (C=O) groups excluding carboxylic acids is 1. The average molecular weight is 479 g/mol. The Morgan fingerprint density at radius 2 is 1.84 bits per heavy atom. The summed E-state index contributed by atoms with van der Waals surface area (Å²) in [6, 6.07) is 10.4. The first-order valence-corrected chi connectivity index (χ1v) is 13.2. The van der Waals surface area contributed by atoms with Crippen molar-refractivity contribution in [2.24, 2.45) is 0 Å². The van der Waals surface area contributed by atoms with Gasteiger partial charge >= 0.3 is 0 Å². The van der Waals surface area contributed by atoms with Gasteiger partial charge in [-0.05, 0) is 36.6 Å². The zero-order chi connectivity index (χ0) is 22.6. The Hall–Kier alpha value is -1.82. The largest absolute Gasteiger partial charge is 0.379 e. The number of nitrogens with one attached hydrogen (secondary N) is 1. The maximum Gasteiger partial charge on any atom is 0.243 e. The van der Waals surface area contributed by atoms with E-state index in [0.29, 0.717) is 32.0 Å². The van der Waals surface area contributed by atoms with Gasteiger partial charge in [-0.2, -0.15) is 4.31 Å². The number of hydrogen-bond donors (Lipinski definition) is 1. The highest BCUT2D eigenvalue weighted by Gasteiger charge is 2.28. The van der Waals surface area contributed by atoms with Gasteiger partial charge in [0.25, 0.3) is 0 Å². The molecule has 174 valence electrons. The van der Waals surface area contributed by atoms with E-state index in [4.69, 9.17) is 4.74 Å². The lowest BCUT2D eigenvalue weighted by Crippen LogP contribution is -2.52. The molecular formula is C22H30N4O4S2. The van der Waals surface area contributed by atoms with E-state index in [-0.39, 0.29) is 16.8 Å². The number of rotatable bonds is 7. The van der Waals surface area contributed by atoms with E-state index < -0.39 is 10.0 Å². The van der Waals surface area contributed by atoms with E-state index in [9.17, 15) is 13.2 Å². The van der Waals surface area contributed by atoms with Gasteiger partial charge in [0.15, 0.2) is 0 Å². The van der Waals surface area contributed by atoms with Gasteiger partial charge in [0.2, 0.25) is 15.9 Å². The first kappa shape index (κ1) is 23.3. The van der Waals surface area contributed by atoms with Crippen LogP contribution in [0.1, 0.15) is 11.8 Å². The molecule has 1 aromatic heterocycles. The molecule has 10 heteroatoms. The number of anilines is 1. The molecule has 1 N–H and O–H groups in total. The van der Waals surface area contributed by atoms with Crippen molar-refractivity contribution in [1.82, 2.24) is 14.1 Å². The molecular weight excluding hydrogens is 448 g/mol. The summed E-state index contributed by atoms with van der Waals surface area (Å²) in [4.78, 5) is 19.0. The van der Waals surface area contributed by atoms with Crippen LogP contribution in [0, 0.1) is 0 Å². The molecule has 0 bridgehead atoms. The number of sulfonamides is 1. The second-order valence-corrected chi connectivity index (χ2v) is 11.1. The van der Waals surface area contributed by atoms with Crippen molar-refractivity contribution in [1.29, 1.82) is 0 Å². The molecule has 0 saturated carbocycles. The van der Waals surface area contributed by atoms with Gasteiger partial charge in [-0.25, -0.2) is 8.42 Å². The molecule has 0 aliphatic carbocycles. The fourth-order valence-corrected chi connectivity index (χ4v) is 6.22. The quantitative estimate of drug-likeness (QED) is 0.655. The lowest BCUT2D eigenvalue weighted by Gasteiger charge is -2.37. The minimum Gasteiger partial charge on any atom is -0.379 e. The number of amides is 1. The fourth-order valence-electron chi connectivity index (χ4n) is 4.01. The molecule has 2 aliphatic heterocycles. The van der Waals surface area contributed by atoms with Crippen LogP contribution in [0.25, 0.3) is 0 Å². The first-order chi connectivity index (χ1) is 15.4. The van der Waals surface area contributed by atoms with Gasteiger partial charge in [-0.1, -0.05) is 12.1 Å². The number of thiophene rings is 1. The lowest BCUT2D eigenvalue weighted by atomic mass is 10.2. The molecule has 2 saturated heterocycles. The maximum atomic E-state index is 12.9. The molecule has 0 unspecified atom stereocenters. The smallest absolute Gasteiger partial charge is 0.243 e. The Morgan fingerprint density at radius 1 is 1.09 bits per heavy atom. The number of nitrogens with zero attached hydrogens (tertiary/aromatic N) is 3. The summed E-state index contributed by atoms with van der Waals surface area (Å²) < 4.78 is 32.5. The van der Waals surface area contributed by atoms with Gasteiger partial charge in [0.05, 0.1) is 24.2 Å².